The molecule has 1 aliphatic heterocycles. The van der Waals surface area contributed by atoms with Crippen LogP contribution in [0.2, 0.25) is 0 Å². The molecule has 0 bridgehead atoms. The predicted octanol–water partition coefficient (Wildman–Crippen LogP) is 0.537. The molecule has 0 spiro atoms. The van der Waals surface area contributed by atoms with Crippen molar-refractivity contribution in [3.63, 3.8) is 0 Å². The molecule has 0 aromatic carbocycles. The van der Waals surface area contributed by atoms with Crippen molar-refractivity contribution in [3.8, 4) is 0 Å². The van der Waals surface area contributed by atoms with Crippen LogP contribution in [-0.4, -0.2) is 47.0 Å². The number of nitrogens with zero attached hydrogens (tertiary/aromatic N) is 1. The summed E-state index contributed by atoms with van der Waals surface area (Å²) in [5.74, 6) is -1.44. The van der Waals surface area contributed by atoms with Gasteiger partial charge in [-0.25, -0.2) is 4.79 Å². The van der Waals surface area contributed by atoms with E-state index in [0.29, 0.717) is 25.8 Å². The number of nitrogens with one attached hydrogen (secondary N) is 1. The Kier molecular flexibility index (Phi) is 5.35. The summed E-state index contributed by atoms with van der Waals surface area (Å²) >= 11 is 0. The van der Waals surface area contributed by atoms with Crippen LogP contribution in [0.1, 0.15) is 39.5 Å². The molecule has 3 amide bonds. The number of amides is 3. The minimum Gasteiger partial charge on any atom is -0.481 e. The van der Waals surface area contributed by atoms with Crippen LogP contribution in [-0.2, 0) is 9.59 Å². The standard InChI is InChI=1S/C13H23N3O4/c1-3-13(4-2,11(18)19)8-15-12(20)16-7-5-6-9(16)10(14)17/h9H,3-8H2,1-2H3,(H2,14,17)(H,15,20)(H,18,19). The van der Waals surface area contributed by atoms with Gasteiger partial charge in [0.15, 0.2) is 0 Å². The van der Waals surface area contributed by atoms with Gasteiger partial charge in [0.1, 0.15) is 6.04 Å². The van der Waals surface area contributed by atoms with Gasteiger partial charge in [0.2, 0.25) is 5.91 Å². The normalized spacial score (nSPS) is 18.9. The summed E-state index contributed by atoms with van der Waals surface area (Å²) in [6, 6.07) is -1.00. The summed E-state index contributed by atoms with van der Waals surface area (Å²) in [4.78, 5) is 36.1. The average Bonchev–Trinajstić information content (AvgIpc) is 2.89. The lowest BCUT2D eigenvalue weighted by Gasteiger charge is -2.29. The first kappa shape index (κ1) is 16.3. The minimum absolute atomic E-state index is 0.0517. The van der Waals surface area contributed by atoms with E-state index in [1.54, 1.807) is 13.8 Å². The van der Waals surface area contributed by atoms with Crippen LogP contribution in [0.25, 0.3) is 0 Å². The SMILES string of the molecule is CCC(CC)(CNC(=O)N1CCCC1C(N)=O)C(=O)O. The zero-order valence-corrected chi connectivity index (χ0v) is 12.0. The number of hydrogen-bond acceptors (Lipinski definition) is 3. The number of carbonyl (C=O) groups is 3. The summed E-state index contributed by atoms with van der Waals surface area (Å²) in [7, 11) is 0. The minimum atomic E-state index is -0.961. The fraction of sp³-hybridized carbons (Fsp3) is 0.769. The Hall–Kier alpha value is -1.79. The fourth-order valence-corrected chi connectivity index (χ4v) is 2.53. The maximum atomic E-state index is 12.1. The van der Waals surface area contributed by atoms with Crippen molar-refractivity contribution < 1.29 is 19.5 Å². The van der Waals surface area contributed by atoms with Gasteiger partial charge in [0.25, 0.3) is 0 Å². The van der Waals surface area contributed by atoms with Crippen molar-refractivity contribution in [2.45, 2.75) is 45.6 Å². The first-order valence-electron chi connectivity index (χ1n) is 6.95. The Labute approximate surface area is 118 Å². The van der Waals surface area contributed by atoms with Crippen molar-refractivity contribution >= 4 is 17.9 Å². The first-order valence-corrected chi connectivity index (χ1v) is 6.95. The Balaban J connectivity index is 2.66. The molecule has 0 radical (unpaired) electrons. The molecule has 1 fully saturated rings. The molecule has 1 rings (SSSR count). The van der Waals surface area contributed by atoms with Crippen LogP contribution < -0.4 is 11.1 Å². The monoisotopic (exact) mass is 285 g/mol. The summed E-state index contributed by atoms with van der Waals surface area (Å²) < 4.78 is 0. The number of carboxylic acids is 1. The molecule has 0 aliphatic carbocycles. The molecule has 1 heterocycles. The van der Waals surface area contributed by atoms with Crippen LogP contribution in [0.3, 0.4) is 0 Å². The van der Waals surface area contributed by atoms with Crippen LogP contribution in [0.4, 0.5) is 4.79 Å². The molecule has 20 heavy (non-hydrogen) atoms. The topological polar surface area (TPSA) is 113 Å². The van der Waals surface area contributed by atoms with Gasteiger partial charge in [-0.3, -0.25) is 9.59 Å². The molecule has 0 aromatic rings. The number of carbonyl (C=O) groups excluding carboxylic acids is 2. The lowest BCUT2D eigenvalue weighted by Crippen LogP contribution is -2.51. The third-order valence-electron chi connectivity index (χ3n) is 4.23. The second-order valence-corrected chi connectivity index (χ2v) is 5.21. The van der Waals surface area contributed by atoms with Crippen molar-refractivity contribution in [3.05, 3.63) is 0 Å². The molecule has 1 aliphatic rings. The van der Waals surface area contributed by atoms with Gasteiger partial charge in [0.05, 0.1) is 5.41 Å². The van der Waals surface area contributed by atoms with E-state index in [1.165, 1.54) is 4.90 Å². The highest BCUT2D eigenvalue weighted by atomic mass is 16.4. The van der Waals surface area contributed by atoms with Crippen molar-refractivity contribution in [2.75, 3.05) is 13.1 Å². The first-order chi connectivity index (χ1) is 9.38. The van der Waals surface area contributed by atoms with Crippen LogP contribution in [0.5, 0.6) is 0 Å². The molecule has 7 heteroatoms. The molecule has 1 atom stereocenters. The van der Waals surface area contributed by atoms with E-state index in [2.05, 4.69) is 5.32 Å². The van der Waals surface area contributed by atoms with E-state index in [-0.39, 0.29) is 6.54 Å². The van der Waals surface area contributed by atoms with E-state index in [4.69, 9.17) is 5.73 Å². The van der Waals surface area contributed by atoms with E-state index < -0.39 is 29.4 Å². The second kappa shape index (κ2) is 6.58. The van der Waals surface area contributed by atoms with E-state index in [9.17, 15) is 19.5 Å². The number of carboxylic acid groups (broad SMARTS) is 1. The summed E-state index contributed by atoms with van der Waals surface area (Å²) in [5.41, 5.74) is 4.29. The van der Waals surface area contributed by atoms with Gasteiger partial charge in [-0.2, -0.15) is 0 Å². The average molecular weight is 285 g/mol. The number of urea groups is 1. The van der Waals surface area contributed by atoms with Crippen LogP contribution in [0, 0.1) is 5.41 Å². The lowest BCUT2D eigenvalue weighted by molar-refractivity contribution is -0.149. The van der Waals surface area contributed by atoms with E-state index >= 15 is 0 Å². The number of primary amides is 1. The highest BCUT2D eigenvalue weighted by molar-refractivity contribution is 5.86. The second-order valence-electron chi connectivity index (χ2n) is 5.21. The largest absolute Gasteiger partial charge is 0.481 e. The maximum Gasteiger partial charge on any atom is 0.318 e. The molecule has 1 saturated heterocycles. The van der Waals surface area contributed by atoms with Gasteiger partial charge in [-0.05, 0) is 25.7 Å². The molecule has 4 N–H and O–H groups in total. The van der Waals surface area contributed by atoms with Gasteiger partial charge in [-0.1, -0.05) is 13.8 Å². The predicted molar refractivity (Wildman–Crippen MR) is 73.0 cm³/mol. The third kappa shape index (κ3) is 3.20. The molecule has 1 unspecified atom stereocenters. The zero-order chi connectivity index (χ0) is 15.3. The molecular weight excluding hydrogens is 262 g/mol. The number of likely N-dealkylation sites (tertiary alicyclic amines) is 1. The third-order valence-corrected chi connectivity index (χ3v) is 4.23. The number of hydrogen-bond donors (Lipinski definition) is 3. The van der Waals surface area contributed by atoms with Gasteiger partial charge >= 0.3 is 12.0 Å². The lowest BCUT2D eigenvalue weighted by atomic mass is 9.82. The Morgan fingerprint density at radius 1 is 1.35 bits per heavy atom. The molecule has 114 valence electrons. The van der Waals surface area contributed by atoms with Gasteiger partial charge in [0, 0.05) is 13.1 Å². The Morgan fingerprint density at radius 3 is 2.40 bits per heavy atom. The van der Waals surface area contributed by atoms with Crippen LogP contribution in [0.15, 0.2) is 0 Å². The Morgan fingerprint density at radius 2 is 1.95 bits per heavy atom. The van der Waals surface area contributed by atoms with E-state index in [1.807, 2.05) is 0 Å². The Bertz CT molecular complexity index is 393. The summed E-state index contributed by atoms with van der Waals surface area (Å²) in [5, 5.41) is 11.9. The van der Waals surface area contributed by atoms with Crippen molar-refractivity contribution in [1.82, 2.24) is 10.2 Å². The summed E-state index contributed by atoms with van der Waals surface area (Å²) in [6.07, 6.45) is 2.15. The number of aliphatic carboxylic acids is 1. The molecule has 7 nitrogen and oxygen atoms in total. The fourth-order valence-electron chi connectivity index (χ4n) is 2.53. The number of rotatable bonds is 6. The van der Waals surface area contributed by atoms with Gasteiger partial charge in [-0.15, -0.1) is 0 Å². The highest BCUT2D eigenvalue weighted by Gasteiger charge is 2.37. The smallest absolute Gasteiger partial charge is 0.318 e. The van der Waals surface area contributed by atoms with E-state index in [0.717, 1.165) is 6.42 Å². The quantitative estimate of drug-likeness (QED) is 0.661. The summed E-state index contributed by atoms with van der Waals surface area (Å²) in [6.45, 7) is 4.09. The number of nitrogens with two attached hydrogens (primary N) is 1. The van der Waals surface area contributed by atoms with Crippen molar-refractivity contribution in [1.29, 1.82) is 0 Å². The van der Waals surface area contributed by atoms with Gasteiger partial charge < -0.3 is 21.1 Å². The van der Waals surface area contributed by atoms with Crippen LogP contribution >= 0.6 is 0 Å². The zero-order valence-electron chi connectivity index (χ0n) is 12.0. The molecule has 0 aromatic heterocycles. The molecular formula is C13H23N3O4. The maximum absolute atomic E-state index is 12.1. The molecule has 0 saturated carbocycles. The highest BCUT2D eigenvalue weighted by Crippen LogP contribution is 2.26. The van der Waals surface area contributed by atoms with Crippen molar-refractivity contribution in [2.24, 2.45) is 11.1 Å².